The van der Waals surface area contributed by atoms with E-state index in [1.54, 1.807) is 48.5 Å². The van der Waals surface area contributed by atoms with Gasteiger partial charge in [0.25, 0.3) is 11.4 Å². The summed E-state index contributed by atoms with van der Waals surface area (Å²) in [7, 11) is 1.13. The van der Waals surface area contributed by atoms with Crippen molar-refractivity contribution in [3.05, 3.63) is 69.6 Å². The molecule has 3 rings (SSSR count). The Morgan fingerprint density at radius 3 is 2.33 bits per heavy atom. The van der Waals surface area contributed by atoms with E-state index in [-0.39, 0.29) is 23.0 Å². The number of amides is 2. The summed E-state index contributed by atoms with van der Waals surface area (Å²) in [5.74, 6) is -3.64. The topological polar surface area (TPSA) is 158 Å². The summed E-state index contributed by atoms with van der Waals surface area (Å²) >= 11 is 0. The molecular formula is C28H34F2N6O6. The molecule has 1 atom stereocenters. The van der Waals surface area contributed by atoms with Gasteiger partial charge in [-0.1, -0.05) is 40.7 Å². The number of Topliss-reactive ketones (excluding diaryl/α,β-unsaturated/α-hetero) is 1. The Balaban J connectivity index is 1.88. The second kappa shape index (κ2) is 12.2. The van der Waals surface area contributed by atoms with Crippen LogP contribution in [0.5, 0.6) is 0 Å². The maximum atomic E-state index is 14.5. The Kier molecular flexibility index (Phi) is 9.28. The van der Waals surface area contributed by atoms with Gasteiger partial charge in [0.15, 0.2) is 0 Å². The number of benzene rings is 1. The smallest absolute Gasteiger partial charge is 0.411 e. The third-order valence-corrected chi connectivity index (χ3v) is 6.48. The number of carbonyl (C=O) groups is 3. The fraction of sp³-hybridized carbons (Fsp3) is 0.464. The first-order valence-corrected chi connectivity index (χ1v) is 13.1. The summed E-state index contributed by atoms with van der Waals surface area (Å²) < 4.78 is 39.2. The predicted molar refractivity (Wildman–Crippen MR) is 147 cm³/mol. The zero-order valence-electron chi connectivity index (χ0n) is 24.7. The molecule has 14 heteroatoms. The molecule has 0 spiro atoms. The molecule has 0 aliphatic rings. The fourth-order valence-corrected chi connectivity index (χ4v) is 4.20. The van der Waals surface area contributed by atoms with Crippen molar-refractivity contribution < 1.29 is 32.3 Å². The number of hydrogen-bond donors (Lipinski definition) is 2. The molecule has 2 heterocycles. The van der Waals surface area contributed by atoms with Gasteiger partial charge in [-0.05, 0) is 25.8 Å². The average molecular weight is 589 g/mol. The number of methoxy groups -OCH3 is 1. The number of halogens is 2. The molecule has 3 aromatic rings. The Morgan fingerprint density at radius 1 is 1.10 bits per heavy atom. The van der Waals surface area contributed by atoms with Gasteiger partial charge in [-0.2, -0.15) is 0 Å². The molecule has 2 N–H and O–H groups in total. The van der Waals surface area contributed by atoms with Crippen LogP contribution >= 0.6 is 0 Å². The Labute approximate surface area is 240 Å². The van der Waals surface area contributed by atoms with Gasteiger partial charge < -0.3 is 14.5 Å². The molecule has 12 nitrogen and oxygen atoms in total. The SMILES string of the molecule is COC(=O)Nc1cnc(C(C)(C)C)n(CC(=O)NC(C(=O)c2nnc(C(C)(C)c3ccc(F)cc3F)o2)C(C)C)c1=O. The van der Waals surface area contributed by atoms with E-state index in [9.17, 15) is 28.0 Å². The van der Waals surface area contributed by atoms with Gasteiger partial charge in [0.1, 0.15) is 29.7 Å². The Bertz CT molecular complexity index is 1560. The van der Waals surface area contributed by atoms with Gasteiger partial charge in [0.2, 0.25) is 17.6 Å². The van der Waals surface area contributed by atoms with Crippen molar-refractivity contribution in [3.8, 4) is 0 Å². The molecule has 0 fully saturated rings. The molecule has 226 valence electrons. The van der Waals surface area contributed by atoms with E-state index < -0.39 is 70.2 Å². The van der Waals surface area contributed by atoms with E-state index in [4.69, 9.17) is 4.42 Å². The van der Waals surface area contributed by atoms with Gasteiger partial charge >= 0.3 is 6.09 Å². The molecule has 0 saturated carbocycles. The van der Waals surface area contributed by atoms with Crippen molar-refractivity contribution in [1.29, 1.82) is 0 Å². The fourth-order valence-electron chi connectivity index (χ4n) is 4.20. The van der Waals surface area contributed by atoms with Crippen molar-refractivity contribution in [2.24, 2.45) is 5.92 Å². The normalized spacial score (nSPS) is 12.6. The molecule has 2 amide bonds. The van der Waals surface area contributed by atoms with Crippen LogP contribution in [-0.2, 0) is 26.9 Å². The lowest BCUT2D eigenvalue weighted by Crippen LogP contribution is -2.47. The monoisotopic (exact) mass is 588 g/mol. The lowest BCUT2D eigenvalue weighted by atomic mass is 9.84. The quantitative estimate of drug-likeness (QED) is 0.355. The van der Waals surface area contributed by atoms with Crippen LogP contribution in [0.25, 0.3) is 0 Å². The van der Waals surface area contributed by atoms with Crippen LogP contribution in [-0.4, -0.2) is 50.7 Å². The Morgan fingerprint density at radius 2 is 1.76 bits per heavy atom. The van der Waals surface area contributed by atoms with Crippen LogP contribution in [0.2, 0.25) is 0 Å². The first-order valence-electron chi connectivity index (χ1n) is 13.1. The van der Waals surface area contributed by atoms with Gasteiger partial charge in [0, 0.05) is 17.0 Å². The summed E-state index contributed by atoms with van der Waals surface area (Å²) in [6, 6.07) is 1.96. The van der Waals surface area contributed by atoms with Crippen LogP contribution in [0.4, 0.5) is 19.3 Å². The van der Waals surface area contributed by atoms with Gasteiger partial charge in [-0.25, -0.2) is 18.6 Å². The summed E-state index contributed by atoms with van der Waals surface area (Å²) in [5, 5.41) is 12.6. The van der Waals surface area contributed by atoms with Crippen LogP contribution in [0, 0.1) is 17.6 Å². The summed E-state index contributed by atoms with van der Waals surface area (Å²) in [4.78, 5) is 55.7. The molecule has 0 aliphatic heterocycles. The minimum Gasteiger partial charge on any atom is -0.453 e. The number of nitrogens with zero attached hydrogens (tertiary/aromatic N) is 4. The third-order valence-electron chi connectivity index (χ3n) is 6.48. The van der Waals surface area contributed by atoms with E-state index in [2.05, 4.69) is 30.6 Å². The van der Waals surface area contributed by atoms with Crippen LogP contribution < -0.4 is 16.2 Å². The summed E-state index contributed by atoms with van der Waals surface area (Å²) in [6.07, 6.45) is 0.296. The van der Waals surface area contributed by atoms with Gasteiger partial charge in [0.05, 0.1) is 24.8 Å². The highest BCUT2D eigenvalue weighted by atomic mass is 19.1. The zero-order chi connectivity index (χ0) is 31.6. The molecular weight excluding hydrogens is 554 g/mol. The van der Waals surface area contributed by atoms with Crippen molar-refractivity contribution in [1.82, 2.24) is 25.1 Å². The summed E-state index contributed by atoms with van der Waals surface area (Å²) in [5.41, 5.74) is -2.68. The van der Waals surface area contributed by atoms with Crippen LogP contribution in [0.3, 0.4) is 0 Å². The predicted octanol–water partition coefficient (Wildman–Crippen LogP) is 3.73. The molecule has 0 radical (unpaired) electrons. The van der Waals surface area contributed by atoms with E-state index in [0.29, 0.717) is 0 Å². The van der Waals surface area contributed by atoms with E-state index >= 15 is 0 Å². The molecule has 42 heavy (non-hydrogen) atoms. The van der Waals surface area contributed by atoms with E-state index in [1.807, 2.05) is 0 Å². The first-order chi connectivity index (χ1) is 19.5. The van der Waals surface area contributed by atoms with E-state index in [1.165, 1.54) is 12.3 Å². The zero-order valence-corrected chi connectivity index (χ0v) is 24.7. The molecule has 2 aromatic heterocycles. The first kappa shape index (κ1) is 32.0. The lowest BCUT2D eigenvalue weighted by Gasteiger charge is -2.24. The number of hydrogen-bond acceptors (Lipinski definition) is 9. The number of ketones is 1. The maximum absolute atomic E-state index is 14.5. The average Bonchev–Trinajstić information content (AvgIpc) is 3.39. The molecule has 1 aromatic carbocycles. The number of ether oxygens (including phenoxy) is 1. The number of nitrogens with one attached hydrogen (secondary N) is 2. The largest absolute Gasteiger partial charge is 0.453 e. The van der Waals surface area contributed by atoms with Crippen LogP contribution in [0.15, 0.2) is 33.6 Å². The molecule has 1 unspecified atom stereocenters. The highest BCUT2D eigenvalue weighted by Gasteiger charge is 2.36. The highest BCUT2D eigenvalue weighted by molar-refractivity contribution is 5.98. The number of carbonyl (C=O) groups excluding carboxylic acids is 3. The van der Waals surface area contributed by atoms with Gasteiger partial charge in [-0.15, -0.1) is 10.2 Å². The molecule has 0 bridgehead atoms. The van der Waals surface area contributed by atoms with Crippen molar-refractivity contribution >= 4 is 23.5 Å². The number of aromatic nitrogens is 4. The van der Waals surface area contributed by atoms with Crippen molar-refractivity contribution in [2.45, 2.75) is 71.9 Å². The molecule has 0 aliphatic carbocycles. The second-order valence-electron chi connectivity index (χ2n) is 11.6. The third kappa shape index (κ3) is 6.86. The lowest BCUT2D eigenvalue weighted by molar-refractivity contribution is -0.122. The minimum absolute atomic E-state index is 0.0814. The maximum Gasteiger partial charge on any atom is 0.411 e. The second-order valence-corrected chi connectivity index (χ2v) is 11.6. The van der Waals surface area contributed by atoms with Gasteiger partial charge in [-0.3, -0.25) is 24.3 Å². The highest BCUT2D eigenvalue weighted by Crippen LogP contribution is 2.33. The number of rotatable bonds is 9. The van der Waals surface area contributed by atoms with Crippen molar-refractivity contribution in [2.75, 3.05) is 12.4 Å². The van der Waals surface area contributed by atoms with E-state index in [0.717, 1.165) is 23.8 Å². The standard InChI is InChI=1S/C28H34F2N6O6/c1-14(2)20(21(38)22-34-35-25(42-22)28(6,7)16-10-9-15(29)11-17(16)30)33-19(37)13-36-23(39)18(32-26(40)41-8)12-31-24(36)27(3,4)5/h9-12,14,20H,13H2,1-8H3,(H,32,40)(H,33,37). The molecule has 0 saturated heterocycles. The van der Waals surface area contributed by atoms with Crippen molar-refractivity contribution in [3.63, 3.8) is 0 Å². The van der Waals surface area contributed by atoms with Crippen LogP contribution in [0.1, 0.15) is 76.4 Å². The Hall–Kier alpha value is -4.49. The number of anilines is 1. The summed E-state index contributed by atoms with van der Waals surface area (Å²) in [6.45, 7) is 11.4. The minimum atomic E-state index is -1.21.